The lowest BCUT2D eigenvalue weighted by atomic mass is 9.52. The molecule has 2 saturated carbocycles. The molecule has 3 aromatic carbocycles. The van der Waals surface area contributed by atoms with E-state index in [4.69, 9.17) is 25.7 Å². The summed E-state index contributed by atoms with van der Waals surface area (Å²) in [7, 11) is 8.14. The van der Waals surface area contributed by atoms with Crippen LogP contribution in [0.2, 0.25) is 0 Å². The summed E-state index contributed by atoms with van der Waals surface area (Å²) in [5.41, 5.74) is 19.9. The highest BCUT2D eigenvalue weighted by atomic mass is 16.5. The quantitative estimate of drug-likeness (QED) is 0.276. The van der Waals surface area contributed by atoms with Gasteiger partial charge in [0.2, 0.25) is 0 Å². The number of likely N-dealkylation sites (tertiary alicyclic amines) is 2. The van der Waals surface area contributed by atoms with E-state index in [0.29, 0.717) is 34.5 Å². The number of hydrogen-bond acceptors (Lipinski definition) is 7. The van der Waals surface area contributed by atoms with Crippen LogP contribution in [0, 0.1) is 11.8 Å². The van der Waals surface area contributed by atoms with Crippen LogP contribution in [0.4, 0.5) is 11.4 Å². The lowest BCUT2D eigenvalue weighted by Crippen LogP contribution is -2.59. The molecule has 7 nitrogen and oxygen atoms in total. The third-order valence-corrected chi connectivity index (χ3v) is 14.0. The number of nitrogens with zero attached hydrogens (tertiary/aromatic N) is 2. The van der Waals surface area contributed by atoms with E-state index in [0.717, 1.165) is 42.2 Å². The Bertz CT molecular complexity index is 1710. The first kappa shape index (κ1) is 32.8. The number of piperidine rings is 2. The van der Waals surface area contributed by atoms with E-state index in [9.17, 15) is 0 Å². The average molecular weight is 665 g/mol. The van der Waals surface area contributed by atoms with Crippen molar-refractivity contribution in [2.24, 2.45) is 11.8 Å². The standard InChI is InChI=1S/C24H31N3O2.C18H25NO/c1-27-12-11-24-10-4-3-5-17(24)19(27)13-15-6-8-21(28-2)23(22(15)24)29-20-9-7-16(25)14-18(20)26;1-19-10-9-18-8-4-3-5-15(18)17(19)11-13-6-7-14(20-2)12-16(13)18/h6-9,14,17,19H,3-5,10-13,25-26H2,1-2H3;6-7,12,15,17H,3-5,8-11H2,1-2H3/t17-,19?,24+;15-,17?,18+/m00/s1. The maximum absolute atomic E-state index is 6.53. The zero-order valence-corrected chi connectivity index (χ0v) is 30.1. The first-order chi connectivity index (χ1) is 23.8. The number of nitrogen functional groups attached to an aromatic ring is 2. The molecule has 262 valence electrons. The fourth-order valence-electron chi connectivity index (χ4n) is 11.6. The fourth-order valence-corrected chi connectivity index (χ4v) is 11.6. The summed E-state index contributed by atoms with van der Waals surface area (Å²) < 4.78 is 17.8. The van der Waals surface area contributed by atoms with Crippen LogP contribution in [0.3, 0.4) is 0 Å². The van der Waals surface area contributed by atoms with Crippen molar-refractivity contribution >= 4 is 11.4 Å². The first-order valence-electron chi connectivity index (χ1n) is 18.9. The van der Waals surface area contributed by atoms with Gasteiger partial charge in [0.05, 0.1) is 19.9 Å². The molecule has 0 amide bonds. The second kappa shape index (κ2) is 12.7. The summed E-state index contributed by atoms with van der Waals surface area (Å²) >= 11 is 0. The minimum absolute atomic E-state index is 0.176. The van der Waals surface area contributed by atoms with Gasteiger partial charge < -0.3 is 35.5 Å². The first-order valence-corrected chi connectivity index (χ1v) is 18.9. The minimum Gasteiger partial charge on any atom is -0.497 e. The zero-order valence-electron chi connectivity index (χ0n) is 30.1. The summed E-state index contributed by atoms with van der Waals surface area (Å²) in [4.78, 5) is 5.21. The van der Waals surface area contributed by atoms with Gasteiger partial charge in [0.1, 0.15) is 5.75 Å². The molecule has 6 atom stereocenters. The van der Waals surface area contributed by atoms with Gasteiger partial charge in [-0.25, -0.2) is 0 Å². The Morgan fingerprint density at radius 1 is 0.673 bits per heavy atom. The molecule has 4 bridgehead atoms. The SMILES string of the molecule is COc1ccc2c(c1)[C@@]13CCCC[C@H]1C(C2)N(C)CC3.COc1ccc2c(c1Oc1ccc(N)cc1N)[C@@]13CCCC[C@H]1C(C2)N(C)CC3. The molecule has 4 N–H and O–H groups in total. The van der Waals surface area contributed by atoms with Gasteiger partial charge >= 0.3 is 0 Å². The molecule has 4 aliphatic carbocycles. The molecule has 4 fully saturated rings. The second-order valence-electron chi connectivity index (χ2n) is 16.1. The van der Waals surface area contributed by atoms with Crippen LogP contribution < -0.4 is 25.7 Å². The lowest BCUT2D eigenvalue weighted by Gasteiger charge is -2.58. The number of likely N-dealkylation sites (N-methyl/N-ethyl adjacent to an activating group) is 2. The van der Waals surface area contributed by atoms with Gasteiger partial charge in [-0.05, 0) is 143 Å². The van der Waals surface area contributed by atoms with Gasteiger partial charge in [-0.15, -0.1) is 0 Å². The van der Waals surface area contributed by atoms with E-state index >= 15 is 0 Å². The van der Waals surface area contributed by atoms with Gasteiger partial charge in [0, 0.05) is 34.2 Å². The number of fused-ring (bicyclic) bond motifs is 2. The summed E-state index contributed by atoms with van der Waals surface area (Å²) in [5.74, 6) is 4.88. The van der Waals surface area contributed by atoms with Crippen molar-refractivity contribution in [3.8, 4) is 23.0 Å². The molecule has 6 aliphatic rings. The van der Waals surface area contributed by atoms with E-state index in [2.05, 4.69) is 54.2 Å². The van der Waals surface area contributed by atoms with E-state index in [1.165, 1.54) is 88.3 Å². The highest BCUT2D eigenvalue weighted by Gasteiger charge is 2.55. The highest BCUT2D eigenvalue weighted by molar-refractivity contribution is 5.64. The van der Waals surface area contributed by atoms with Gasteiger partial charge in [-0.3, -0.25) is 0 Å². The Labute approximate surface area is 293 Å². The molecule has 0 spiro atoms. The van der Waals surface area contributed by atoms with Gasteiger partial charge in [-0.2, -0.15) is 0 Å². The summed E-state index contributed by atoms with van der Waals surface area (Å²) in [6.45, 7) is 2.40. The minimum atomic E-state index is 0.176. The molecule has 2 aliphatic heterocycles. The third-order valence-electron chi connectivity index (χ3n) is 14.0. The van der Waals surface area contributed by atoms with Crippen molar-refractivity contribution in [2.75, 3.05) is 52.9 Å². The monoisotopic (exact) mass is 664 g/mol. The molecule has 0 radical (unpaired) electrons. The number of ether oxygens (including phenoxy) is 3. The van der Waals surface area contributed by atoms with Crippen LogP contribution in [0.1, 0.15) is 86.5 Å². The van der Waals surface area contributed by atoms with Crippen molar-refractivity contribution in [2.45, 2.75) is 100.0 Å². The van der Waals surface area contributed by atoms with Gasteiger partial charge in [0.25, 0.3) is 0 Å². The second-order valence-corrected chi connectivity index (χ2v) is 16.1. The predicted molar refractivity (Wildman–Crippen MR) is 198 cm³/mol. The molecule has 2 saturated heterocycles. The number of methoxy groups -OCH3 is 2. The number of nitrogens with two attached hydrogens (primary N) is 2. The maximum atomic E-state index is 6.53. The molecular formula is C42H56N4O3. The van der Waals surface area contributed by atoms with Crippen LogP contribution >= 0.6 is 0 Å². The van der Waals surface area contributed by atoms with Crippen molar-refractivity contribution in [3.63, 3.8) is 0 Å². The van der Waals surface area contributed by atoms with Crippen molar-refractivity contribution in [1.29, 1.82) is 0 Å². The van der Waals surface area contributed by atoms with E-state index < -0.39 is 0 Å². The van der Waals surface area contributed by atoms with Gasteiger partial charge in [-0.1, -0.05) is 37.8 Å². The molecule has 0 aromatic heterocycles. The van der Waals surface area contributed by atoms with Crippen LogP contribution in [-0.4, -0.2) is 63.3 Å². The van der Waals surface area contributed by atoms with Crippen LogP contribution in [0.15, 0.2) is 48.5 Å². The average Bonchev–Trinajstić information content (AvgIpc) is 3.12. The number of rotatable bonds is 4. The van der Waals surface area contributed by atoms with Crippen molar-refractivity contribution in [3.05, 3.63) is 70.8 Å². The Kier molecular flexibility index (Phi) is 8.51. The Hall–Kier alpha value is -3.42. The third kappa shape index (κ3) is 5.29. The Balaban J connectivity index is 0.000000152. The van der Waals surface area contributed by atoms with Crippen LogP contribution in [0.25, 0.3) is 0 Å². The van der Waals surface area contributed by atoms with E-state index in [1.807, 2.05) is 12.1 Å². The van der Waals surface area contributed by atoms with Crippen molar-refractivity contribution in [1.82, 2.24) is 9.80 Å². The molecule has 2 heterocycles. The van der Waals surface area contributed by atoms with Crippen molar-refractivity contribution < 1.29 is 14.2 Å². The maximum Gasteiger partial charge on any atom is 0.173 e. The normalized spacial score (nSPS) is 31.5. The van der Waals surface area contributed by atoms with E-state index in [-0.39, 0.29) is 5.41 Å². The molecule has 3 aromatic rings. The summed E-state index contributed by atoms with van der Waals surface area (Å²) in [6, 6.07) is 18.0. The zero-order chi connectivity index (χ0) is 33.9. The summed E-state index contributed by atoms with van der Waals surface area (Å²) in [5, 5.41) is 0. The molecular weight excluding hydrogens is 608 g/mol. The predicted octanol–water partition coefficient (Wildman–Crippen LogP) is 7.72. The smallest absolute Gasteiger partial charge is 0.173 e. The van der Waals surface area contributed by atoms with Crippen LogP contribution in [0.5, 0.6) is 23.0 Å². The number of benzene rings is 3. The molecule has 9 rings (SSSR count). The lowest BCUT2D eigenvalue weighted by molar-refractivity contribution is 0.00155. The Morgan fingerprint density at radius 3 is 2.00 bits per heavy atom. The number of hydrogen-bond donors (Lipinski definition) is 2. The highest BCUT2D eigenvalue weighted by Crippen LogP contribution is 2.60. The fraction of sp³-hybridized carbons (Fsp3) is 0.571. The Morgan fingerprint density at radius 2 is 1.31 bits per heavy atom. The summed E-state index contributed by atoms with van der Waals surface area (Å²) in [6.07, 6.45) is 15.6. The number of anilines is 2. The molecule has 7 heteroatoms. The topological polar surface area (TPSA) is 86.2 Å². The molecule has 49 heavy (non-hydrogen) atoms. The van der Waals surface area contributed by atoms with E-state index in [1.54, 1.807) is 31.4 Å². The van der Waals surface area contributed by atoms with Gasteiger partial charge in [0.15, 0.2) is 17.2 Å². The largest absolute Gasteiger partial charge is 0.497 e. The molecule has 2 unspecified atom stereocenters. The van der Waals surface area contributed by atoms with Crippen LogP contribution in [-0.2, 0) is 23.7 Å².